The second-order valence-electron chi connectivity index (χ2n) is 5.22. The molecule has 4 heteroatoms. The van der Waals surface area contributed by atoms with E-state index in [1.807, 2.05) is 12.3 Å². The molecule has 1 rings (SSSR count). The lowest BCUT2D eigenvalue weighted by Gasteiger charge is -2.30. The number of anilines is 1. The minimum atomic E-state index is 0.537. The van der Waals surface area contributed by atoms with Gasteiger partial charge in [0.15, 0.2) is 0 Å². The average molecular weight is 264 g/mol. The van der Waals surface area contributed by atoms with Crippen LogP contribution in [-0.4, -0.2) is 54.6 Å². The molecule has 1 aromatic rings. The molecule has 1 atom stereocenters. The third kappa shape index (κ3) is 5.17. The fourth-order valence-electron chi connectivity index (χ4n) is 2.33. The summed E-state index contributed by atoms with van der Waals surface area (Å²) in [6.45, 7) is 10.6. The van der Waals surface area contributed by atoms with Crippen molar-refractivity contribution in [3.05, 3.63) is 23.9 Å². The van der Waals surface area contributed by atoms with Crippen LogP contribution in [0.3, 0.4) is 0 Å². The maximum atomic E-state index is 4.43. The summed E-state index contributed by atoms with van der Waals surface area (Å²) in [5, 5.41) is 3.34. The van der Waals surface area contributed by atoms with Gasteiger partial charge in [-0.05, 0) is 40.6 Å². The van der Waals surface area contributed by atoms with E-state index in [0.717, 1.165) is 32.0 Å². The predicted octanol–water partition coefficient (Wildman–Crippen LogP) is 2.29. The van der Waals surface area contributed by atoms with E-state index in [1.54, 1.807) is 0 Å². The molecule has 0 saturated heterocycles. The monoisotopic (exact) mass is 264 g/mol. The lowest BCUT2D eigenvalue weighted by atomic mass is 10.2. The van der Waals surface area contributed by atoms with E-state index in [9.17, 15) is 0 Å². The van der Waals surface area contributed by atoms with Crippen LogP contribution in [0, 0.1) is 0 Å². The first-order chi connectivity index (χ1) is 9.08. The predicted molar refractivity (Wildman–Crippen MR) is 82.5 cm³/mol. The van der Waals surface area contributed by atoms with Gasteiger partial charge in [0.05, 0.1) is 0 Å². The highest BCUT2D eigenvalue weighted by Crippen LogP contribution is 2.15. The molecule has 0 fully saturated rings. The Labute approximate surface area is 117 Å². The molecule has 0 bridgehead atoms. The van der Waals surface area contributed by atoms with Crippen LogP contribution < -0.4 is 5.32 Å². The Kier molecular flexibility index (Phi) is 6.81. The van der Waals surface area contributed by atoms with Crippen molar-refractivity contribution in [3.8, 4) is 0 Å². The molecular weight excluding hydrogens is 236 g/mol. The summed E-state index contributed by atoms with van der Waals surface area (Å²) in [4.78, 5) is 9.15. The van der Waals surface area contributed by atoms with Crippen LogP contribution in [0.15, 0.2) is 18.3 Å². The summed E-state index contributed by atoms with van der Waals surface area (Å²) in [6, 6.07) is 4.71. The first-order valence-electron chi connectivity index (χ1n) is 7.15. The number of hydrogen-bond acceptors (Lipinski definition) is 4. The molecular formula is C15H28N4. The van der Waals surface area contributed by atoms with Gasteiger partial charge in [0.1, 0.15) is 5.82 Å². The van der Waals surface area contributed by atoms with E-state index in [4.69, 9.17) is 0 Å². The normalized spacial score (nSPS) is 13.0. The van der Waals surface area contributed by atoms with Crippen molar-refractivity contribution in [2.45, 2.75) is 33.4 Å². The Hall–Kier alpha value is -1.13. The second kappa shape index (κ2) is 8.12. The van der Waals surface area contributed by atoms with Crippen molar-refractivity contribution in [2.75, 3.05) is 39.0 Å². The third-order valence-electron chi connectivity index (χ3n) is 3.27. The molecule has 1 aromatic heterocycles. The van der Waals surface area contributed by atoms with Crippen LogP contribution in [-0.2, 0) is 6.54 Å². The lowest BCUT2D eigenvalue weighted by molar-refractivity contribution is 0.174. The van der Waals surface area contributed by atoms with E-state index >= 15 is 0 Å². The molecule has 0 amide bonds. The molecule has 1 N–H and O–H groups in total. The van der Waals surface area contributed by atoms with Crippen molar-refractivity contribution >= 4 is 5.82 Å². The molecule has 108 valence electrons. The van der Waals surface area contributed by atoms with Gasteiger partial charge in [-0.2, -0.15) is 0 Å². The van der Waals surface area contributed by atoms with E-state index in [2.05, 4.69) is 61.0 Å². The number of aromatic nitrogens is 1. The molecule has 0 aliphatic heterocycles. The molecule has 0 spiro atoms. The highest BCUT2D eigenvalue weighted by Gasteiger charge is 2.15. The topological polar surface area (TPSA) is 31.4 Å². The summed E-state index contributed by atoms with van der Waals surface area (Å²) in [6.07, 6.45) is 1.85. The van der Waals surface area contributed by atoms with Crippen LogP contribution in [0.1, 0.15) is 26.3 Å². The van der Waals surface area contributed by atoms with Gasteiger partial charge < -0.3 is 10.2 Å². The fraction of sp³-hybridized carbons (Fsp3) is 0.667. The zero-order chi connectivity index (χ0) is 14.3. The van der Waals surface area contributed by atoms with Crippen molar-refractivity contribution in [1.29, 1.82) is 0 Å². The van der Waals surface area contributed by atoms with Crippen LogP contribution >= 0.6 is 0 Å². The van der Waals surface area contributed by atoms with Crippen molar-refractivity contribution in [2.24, 2.45) is 0 Å². The summed E-state index contributed by atoms with van der Waals surface area (Å²) >= 11 is 0. The Morgan fingerprint density at radius 2 is 2.05 bits per heavy atom. The summed E-state index contributed by atoms with van der Waals surface area (Å²) in [5.41, 5.74) is 1.27. The van der Waals surface area contributed by atoms with Gasteiger partial charge in [-0.3, -0.25) is 4.90 Å². The molecule has 0 aromatic carbocycles. The molecule has 4 nitrogen and oxygen atoms in total. The van der Waals surface area contributed by atoms with Gasteiger partial charge in [0.2, 0.25) is 0 Å². The van der Waals surface area contributed by atoms with Crippen molar-refractivity contribution in [3.63, 3.8) is 0 Å². The Bertz CT molecular complexity index is 365. The number of nitrogens with zero attached hydrogens (tertiary/aromatic N) is 3. The molecule has 1 heterocycles. The number of rotatable bonds is 8. The minimum Gasteiger partial charge on any atom is -0.370 e. The molecule has 0 saturated carbocycles. The maximum Gasteiger partial charge on any atom is 0.130 e. The van der Waals surface area contributed by atoms with Crippen molar-refractivity contribution < 1.29 is 0 Å². The zero-order valence-corrected chi connectivity index (χ0v) is 13.0. The summed E-state index contributed by atoms with van der Waals surface area (Å²) < 4.78 is 0. The highest BCUT2D eigenvalue weighted by atomic mass is 15.2. The maximum absolute atomic E-state index is 4.43. The van der Waals surface area contributed by atoms with Crippen LogP contribution in [0.5, 0.6) is 0 Å². The Morgan fingerprint density at radius 3 is 2.63 bits per heavy atom. The molecule has 0 radical (unpaired) electrons. The quantitative estimate of drug-likeness (QED) is 0.780. The number of hydrogen-bond donors (Lipinski definition) is 1. The Balaban J connectivity index is 2.74. The highest BCUT2D eigenvalue weighted by molar-refractivity contribution is 5.43. The van der Waals surface area contributed by atoms with Gasteiger partial charge in [-0.1, -0.05) is 13.0 Å². The average Bonchev–Trinajstić information content (AvgIpc) is 2.37. The molecule has 19 heavy (non-hydrogen) atoms. The lowest BCUT2D eigenvalue weighted by Crippen LogP contribution is -2.39. The third-order valence-corrected chi connectivity index (χ3v) is 3.27. The number of nitrogens with one attached hydrogen (secondary N) is 1. The standard InChI is InChI=1S/C15H28N4/c1-6-16-15-14(9-8-10-17-15)12-19(7-2)13(3)11-18(4)5/h8-10,13H,6-7,11-12H2,1-5H3,(H,16,17). The smallest absolute Gasteiger partial charge is 0.130 e. The van der Waals surface area contributed by atoms with Crippen LogP contribution in [0.4, 0.5) is 5.82 Å². The SMILES string of the molecule is CCNc1ncccc1CN(CC)C(C)CN(C)C. The molecule has 0 aliphatic rings. The number of likely N-dealkylation sites (N-methyl/N-ethyl adjacent to an activating group) is 2. The van der Waals surface area contributed by atoms with E-state index in [1.165, 1.54) is 5.56 Å². The fourth-order valence-corrected chi connectivity index (χ4v) is 2.33. The largest absolute Gasteiger partial charge is 0.370 e. The Morgan fingerprint density at radius 1 is 1.32 bits per heavy atom. The second-order valence-corrected chi connectivity index (χ2v) is 5.22. The van der Waals surface area contributed by atoms with Gasteiger partial charge in [-0.15, -0.1) is 0 Å². The van der Waals surface area contributed by atoms with Crippen LogP contribution in [0.25, 0.3) is 0 Å². The summed E-state index contributed by atoms with van der Waals surface area (Å²) in [5.74, 6) is 1.01. The van der Waals surface area contributed by atoms with Gasteiger partial charge in [0, 0.05) is 37.4 Å². The minimum absolute atomic E-state index is 0.537. The van der Waals surface area contributed by atoms with Crippen LogP contribution in [0.2, 0.25) is 0 Å². The van der Waals surface area contributed by atoms with Gasteiger partial charge >= 0.3 is 0 Å². The number of pyridine rings is 1. The summed E-state index contributed by atoms with van der Waals surface area (Å²) in [7, 11) is 4.25. The first-order valence-corrected chi connectivity index (χ1v) is 7.15. The van der Waals surface area contributed by atoms with E-state index < -0.39 is 0 Å². The van der Waals surface area contributed by atoms with Crippen molar-refractivity contribution in [1.82, 2.24) is 14.8 Å². The zero-order valence-electron chi connectivity index (χ0n) is 13.0. The van der Waals surface area contributed by atoms with E-state index in [-0.39, 0.29) is 0 Å². The van der Waals surface area contributed by atoms with E-state index in [0.29, 0.717) is 6.04 Å². The van der Waals surface area contributed by atoms with Gasteiger partial charge in [0.25, 0.3) is 0 Å². The molecule has 0 aliphatic carbocycles. The van der Waals surface area contributed by atoms with Gasteiger partial charge in [-0.25, -0.2) is 4.98 Å². The first kappa shape index (κ1) is 15.9. The molecule has 1 unspecified atom stereocenters.